The molecule has 145 valence electrons. The Kier molecular flexibility index (Phi) is 16.5. The lowest BCUT2D eigenvalue weighted by Gasteiger charge is -2.30. The normalized spacial score (nSPS) is 15.6. The Balaban J connectivity index is 4.27. The first kappa shape index (κ1) is 24.0. The quantitative estimate of drug-likeness (QED) is 0.232. The molecule has 0 saturated carbocycles. The third kappa shape index (κ3) is 12.4. The van der Waals surface area contributed by atoms with E-state index < -0.39 is 0 Å². The van der Waals surface area contributed by atoms with Gasteiger partial charge in [-0.3, -0.25) is 0 Å². The van der Waals surface area contributed by atoms with E-state index in [0.717, 1.165) is 23.7 Å². The molecule has 0 aliphatic heterocycles. The van der Waals surface area contributed by atoms with Crippen molar-refractivity contribution in [3.8, 4) is 0 Å². The van der Waals surface area contributed by atoms with E-state index in [1.807, 2.05) is 0 Å². The first-order valence-electron chi connectivity index (χ1n) is 11.4. The van der Waals surface area contributed by atoms with Crippen molar-refractivity contribution in [2.75, 3.05) is 0 Å². The van der Waals surface area contributed by atoms with Crippen LogP contribution in [0.3, 0.4) is 0 Å². The fraction of sp³-hybridized carbons (Fsp3) is 0.958. The SMILES string of the molecule is CCCCCCCCCC([CH]C(C)C)CC(CC)C(CC)CCC. The third-order valence-electron chi connectivity index (χ3n) is 5.82. The average molecular weight is 338 g/mol. The highest BCUT2D eigenvalue weighted by atomic mass is 14.3. The lowest BCUT2D eigenvalue weighted by atomic mass is 9.76. The number of unbranched alkanes of at least 4 members (excludes halogenated alkanes) is 6. The lowest BCUT2D eigenvalue weighted by Crippen LogP contribution is -2.19. The van der Waals surface area contributed by atoms with Crippen LogP contribution in [-0.2, 0) is 0 Å². The van der Waals surface area contributed by atoms with Crippen molar-refractivity contribution < 1.29 is 0 Å². The third-order valence-corrected chi connectivity index (χ3v) is 5.82. The minimum absolute atomic E-state index is 0.739. The van der Waals surface area contributed by atoms with Gasteiger partial charge in [0.25, 0.3) is 0 Å². The monoisotopic (exact) mass is 337 g/mol. The van der Waals surface area contributed by atoms with Crippen LogP contribution in [0.15, 0.2) is 0 Å². The molecule has 0 aromatic carbocycles. The van der Waals surface area contributed by atoms with E-state index in [-0.39, 0.29) is 0 Å². The van der Waals surface area contributed by atoms with Crippen molar-refractivity contribution >= 4 is 0 Å². The van der Waals surface area contributed by atoms with Gasteiger partial charge in [0, 0.05) is 0 Å². The maximum atomic E-state index is 2.67. The second kappa shape index (κ2) is 16.5. The summed E-state index contributed by atoms with van der Waals surface area (Å²) in [6.45, 7) is 14.2. The molecule has 0 heterocycles. The van der Waals surface area contributed by atoms with Gasteiger partial charge in [-0.05, 0) is 36.5 Å². The zero-order valence-corrected chi connectivity index (χ0v) is 18.1. The minimum atomic E-state index is 0.739. The predicted octanol–water partition coefficient (Wildman–Crippen LogP) is 8.85. The minimum Gasteiger partial charge on any atom is -0.0654 e. The van der Waals surface area contributed by atoms with Crippen molar-refractivity contribution in [2.24, 2.45) is 23.7 Å². The maximum Gasteiger partial charge on any atom is -0.0329 e. The summed E-state index contributed by atoms with van der Waals surface area (Å²) in [6, 6.07) is 0. The van der Waals surface area contributed by atoms with Gasteiger partial charge >= 0.3 is 0 Å². The first-order valence-corrected chi connectivity index (χ1v) is 11.4. The van der Waals surface area contributed by atoms with Gasteiger partial charge < -0.3 is 0 Å². The van der Waals surface area contributed by atoms with Crippen LogP contribution >= 0.6 is 0 Å². The largest absolute Gasteiger partial charge is 0.0654 e. The summed E-state index contributed by atoms with van der Waals surface area (Å²) in [5, 5.41) is 0. The lowest BCUT2D eigenvalue weighted by molar-refractivity contribution is 0.237. The van der Waals surface area contributed by atoms with Crippen LogP contribution < -0.4 is 0 Å². The van der Waals surface area contributed by atoms with E-state index in [1.54, 1.807) is 0 Å². The van der Waals surface area contributed by atoms with E-state index in [2.05, 4.69) is 48.0 Å². The molecule has 0 saturated heterocycles. The molecule has 24 heavy (non-hydrogen) atoms. The van der Waals surface area contributed by atoms with Gasteiger partial charge in [0.1, 0.15) is 0 Å². The molecule has 0 heteroatoms. The molecule has 0 N–H and O–H groups in total. The highest BCUT2D eigenvalue weighted by Crippen LogP contribution is 2.33. The molecule has 0 amide bonds. The first-order chi connectivity index (χ1) is 11.6. The highest BCUT2D eigenvalue weighted by Gasteiger charge is 2.22. The zero-order valence-electron chi connectivity index (χ0n) is 18.1. The predicted molar refractivity (Wildman–Crippen MR) is 112 cm³/mol. The van der Waals surface area contributed by atoms with Gasteiger partial charge in [-0.15, -0.1) is 0 Å². The van der Waals surface area contributed by atoms with E-state index in [4.69, 9.17) is 0 Å². The number of hydrogen-bond donors (Lipinski definition) is 0. The maximum absolute atomic E-state index is 2.67. The molecular weight excluding hydrogens is 288 g/mol. The summed E-state index contributed by atoms with van der Waals surface area (Å²) >= 11 is 0. The van der Waals surface area contributed by atoms with Crippen LogP contribution in [0.1, 0.15) is 125 Å². The molecule has 3 unspecified atom stereocenters. The number of rotatable bonds is 17. The summed E-state index contributed by atoms with van der Waals surface area (Å²) in [5.41, 5.74) is 0. The average Bonchev–Trinajstić information content (AvgIpc) is 2.56. The van der Waals surface area contributed by atoms with Gasteiger partial charge in [-0.25, -0.2) is 0 Å². The van der Waals surface area contributed by atoms with Crippen molar-refractivity contribution in [1.29, 1.82) is 0 Å². The second-order valence-corrected chi connectivity index (χ2v) is 8.47. The van der Waals surface area contributed by atoms with Crippen LogP contribution in [0, 0.1) is 30.1 Å². The molecule has 0 fully saturated rings. The Hall–Kier alpha value is 0. The molecular formula is C24H49. The molecule has 1 radical (unpaired) electrons. The fourth-order valence-electron chi connectivity index (χ4n) is 4.43. The molecule has 0 spiro atoms. The van der Waals surface area contributed by atoms with Crippen LogP contribution in [0.4, 0.5) is 0 Å². The molecule has 0 bridgehead atoms. The van der Waals surface area contributed by atoms with E-state index >= 15 is 0 Å². The van der Waals surface area contributed by atoms with Gasteiger partial charge in [0.05, 0.1) is 0 Å². The Morgan fingerprint density at radius 2 is 1.21 bits per heavy atom. The van der Waals surface area contributed by atoms with Crippen LogP contribution in [0.5, 0.6) is 0 Å². The zero-order chi connectivity index (χ0) is 18.2. The summed E-state index contributed by atoms with van der Waals surface area (Å²) in [5.74, 6) is 3.50. The second-order valence-electron chi connectivity index (χ2n) is 8.47. The summed E-state index contributed by atoms with van der Waals surface area (Å²) < 4.78 is 0. The topological polar surface area (TPSA) is 0 Å². The standard InChI is InChI=1S/C24H49/c1-7-11-12-13-14-15-16-18-22(19-21(5)6)20-24(10-4)23(9-3)17-8-2/h19,21-24H,7-18,20H2,1-6H3. The van der Waals surface area contributed by atoms with E-state index in [9.17, 15) is 0 Å². The number of hydrogen-bond acceptors (Lipinski definition) is 0. The molecule has 0 aromatic rings. The van der Waals surface area contributed by atoms with E-state index in [1.165, 1.54) is 83.5 Å². The molecule has 0 aromatic heterocycles. The molecule has 0 rings (SSSR count). The van der Waals surface area contributed by atoms with Crippen LogP contribution in [0.25, 0.3) is 0 Å². The van der Waals surface area contributed by atoms with Crippen molar-refractivity contribution in [3.05, 3.63) is 6.42 Å². The van der Waals surface area contributed by atoms with Crippen molar-refractivity contribution in [1.82, 2.24) is 0 Å². The smallest absolute Gasteiger partial charge is 0.0329 e. The van der Waals surface area contributed by atoms with Gasteiger partial charge in [0.2, 0.25) is 0 Å². The van der Waals surface area contributed by atoms with Gasteiger partial charge in [0.15, 0.2) is 0 Å². The summed E-state index contributed by atoms with van der Waals surface area (Å²) in [6.07, 6.45) is 21.1. The fourth-order valence-corrected chi connectivity index (χ4v) is 4.43. The van der Waals surface area contributed by atoms with E-state index in [0.29, 0.717) is 0 Å². The van der Waals surface area contributed by atoms with Crippen molar-refractivity contribution in [3.63, 3.8) is 0 Å². The van der Waals surface area contributed by atoms with Crippen LogP contribution in [-0.4, -0.2) is 0 Å². The molecule has 0 nitrogen and oxygen atoms in total. The Bertz CT molecular complexity index is 242. The highest BCUT2D eigenvalue weighted by molar-refractivity contribution is 4.83. The van der Waals surface area contributed by atoms with Gasteiger partial charge in [-0.1, -0.05) is 119 Å². The van der Waals surface area contributed by atoms with Crippen molar-refractivity contribution in [2.45, 2.75) is 125 Å². The Morgan fingerprint density at radius 3 is 1.71 bits per heavy atom. The Labute approximate surface area is 155 Å². The van der Waals surface area contributed by atoms with Crippen LogP contribution in [0.2, 0.25) is 0 Å². The molecule has 0 aliphatic rings. The van der Waals surface area contributed by atoms with Gasteiger partial charge in [-0.2, -0.15) is 0 Å². The molecule has 0 aliphatic carbocycles. The summed E-state index contributed by atoms with van der Waals surface area (Å²) in [7, 11) is 0. The molecule has 3 atom stereocenters. The summed E-state index contributed by atoms with van der Waals surface area (Å²) in [4.78, 5) is 0. The Morgan fingerprint density at radius 1 is 0.625 bits per heavy atom.